The van der Waals surface area contributed by atoms with Gasteiger partial charge in [0, 0.05) is 25.7 Å². The average Bonchev–Trinajstić information content (AvgIpc) is 2.62. The molecule has 1 aliphatic heterocycles. The summed E-state index contributed by atoms with van der Waals surface area (Å²) in [5.41, 5.74) is 5.67. The van der Waals surface area contributed by atoms with E-state index in [9.17, 15) is 4.79 Å². The predicted molar refractivity (Wildman–Crippen MR) is 54.9 cm³/mol. The van der Waals surface area contributed by atoms with Crippen LogP contribution in [0.15, 0.2) is 0 Å². The van der Waals surface area contributed by atoms with Gasteiger partial charge in [0.15, 0.2) is 0 Å². The second-order valence-electron chi connectivity index (χ2n) is 4.48. The molecule has 1 saturated heterocycles. The standard InChI is InChI=1S/C10H19N3O/c11-9-5-8(6-9)7-12-10(14)13-3-1-2-4-13/h8-9H,1-7,11H2,(H,12,14). The van der Waals surface area contributed by atoms with E-state index in [1.807, 2.05) is 4.90 Å². The van der Waals surface area contributed by atoms with Gasteiger partial charge < -0.3 is 16.0 Å². The van der Waals surface area contributed by atoms with Crippen molar-refractivity contribution in [3.63, 3.8) is 0 Å². The Balaban J connectivity index is 1.62. The highest BCUT2D eigenvalue weighted by Gasteiger charge is 2.26. The quantitative estimate of drug-likeness (QED) is 0.678. The Hall–Kier alpha value is -0.770. The molecule has 2 amide bonds. The number of carbonyl (C=O) groups excluding carboxylic acids is 1. The second-order valence-corrected chi connectivity index (χ2v) is 4.48. The molecule has 0 spiro atoms. The number of nitrogens with zero attached hydrogens (tertiary/aromatic N) is 1. The highest BCUT2D eigenvalue weighted by Crippen LogP contribution is 2.24. The first kappa shape index (κ1) is 9.77. The predicted octanol–water partition coefficient (Wildman–Crippen LogP) is 0.529. The van der Waals surface area contributed by atoms with E-state index in [1.165, 1.54) is 0 Å². The maximum Gasteiger partial charge on any atom is 0.317 e. The third-order valence-electron chi connectivity index (χ3n) is 3.21. The minimum atomic E-state index is 0.114. The highest BCUT2D eigenvalue weighted by molar-refractivity contribution is 5.74. The molecule has 0 aromatic heterocycles. The molecular weight excluding hydrogens is 178 g/mol. The molecule has 0 aromatic rings. The fourth-order valence-electron chi connectivity index (χ4n) is 2.22. The van der Waals surface area contributed by atoms with Gasteiger partial charge in [0.25, 0.3) is 0 Å². The van der Waals surface area contributed by atoms with Gasteiger partial charge in [-0.05, 0) is 31.6 Å². The number of likely N-dealkylation sites (tertiary alicyclic amines) is 1. The lowest BCUT2D eigenvalue weighted by Gasteiger charge is -2.32. The third kappa shape index (κ3) is 2.18. The molecule has 2 rings (SSSR count). The molecule has 14 heavy (non-hydrogen) atoms. The number of carbonyl (C=O) groups is 1. The first-order valence-corrected chi connectivity index (χ1v) is 5.54. The van der Waals surface area contributed by atoms with Gasteiger partial charge in [0.1, 0.15) is 0 Å². The van der Waals surface area contributed by atoms with E-state index in [0.717, 1.165) is 45.3 Å². The molecule has 0 bridgehead atoms. The molecule has 4 nitrogen and oxygen atoms in total. The molecule has 0 aromatic carbocycles. The number of rotatable bonds is 2. The monoisotopic (exact) mass is 197 g/mol. The zero-order valence-corrected chi connectivity index (χ0v) is 8.54. The number of urea groups is 1. The molecule has 0 unspecified atom stereocenters. The lowest BCUT2D eigenvalue weighted by atomic mass is 9.81. The molecule has 2 fully saturated rings. The van der Waals surface area contributed by atoms with Crippen LogP contribution < -0.4 is 11.1 Å². The maximum absolute atomic E-state index is 11.6. The van der Waals surface area contributed by atoms with Crippen molar-refractivity contribution >= 4 is 6.03 Å². The molecule has 1 heterocycles. The van der Waals surface area contributed by atoms with Crippen molar-refractivity contribution in [2.24, 2.45) is 11.7 Å². The molecule has 1 aliphatic carbocycles. The summed E-state index contributed by atoms with van der Waals surface area (Å²) >= 11 is 0. The van der Waals surface area contributed by atoms with Gasteiger partial charge in [-0.1, -0.05) is 0 Å². The summed E-state index contributed by atoms with van der Waals surface area (Å²) in [5, 5.41) is 2.98. The number of amides is 2. The maximum atomic E-state index is 11.6. The van der Waals surface area contributed by atoms with Crippen molar-refractivity contribution in [3.05, 3.63) is 0 Å². The Bertz CT molecular complexity index is 207. The SMILES string of the molecule is NC1CC(CNC(=O)N2CCCC2)C1. The zero-order valence-electron chi connectivity index (χ0n) is 8.54. The Labute approximate surface area is 84.8 Å². The van der Waals surface area contributed by atoms with Crippen LogP contribution in [0.4, 0.5) is 4.79 Å². The van der Waals surface area contributed by atoms with Gasteiger partial charge in [-0.3, -0.25) is 0 Å². The smallest absolute Gasteiger partial charge is 0.317 e. The molecule has 1 saturated carbocycles. The van der Waals surface area contributed by atoms with Gasteiger partial charge >= 0.3 is 6.03 Å². The van der Waals surface area contributed by atoms with Crippen LogP contribution in [0.2, 0.25) is 0 Å². The van der Waals surface area contributed by atoms with Gasteiger partial charge in [-0.15, -0.1) is 0 Å². The van der Waals surface area contributed by atoms with Crippen molar-refractivity contribution in [2.45, 2.75) is 31.7 Å². The summed E-state index contributed by atoms with van der Waals surface area (Å²) in [6, 6.07) is 0.492. The average molecular weight is 197 g/mol. The summed E-state index contributed by atoms with van der Waals surface area (Å²) in [7, 11) is 0. The molecule has 2 aliphatic rings. The van der Waals surface area contributed by atoms with E-state index in [4.69, 9.17) is 5.73 Å². The van der Waals surface area contributed by atoms with Crippen LogP contribution in [0.3, 0.4) is 0 Å². The molecular formula is C10H19N3O. The van der Waals surface area contributed by atoms with E-state index in [1.54, 1.807) is 0 Å². The van der Waals surface area contributed by atoms with E-state index < -0.39 is 0 Å². The molecule has 80 valence electrons. The molecule has 0 atom stereocenters. The zero-order chi connectivity index (χ0) is 9.97. The topological polar surface area (TPSA) is 58.4 Å². The molecule has 4 heteroatoms. The van der Waals surface area contributed by atoms with Gasteiger partial charge in [0.2, 0.25) is 0 Å². The Kier molecular flexibility index (Phi) is 2.91. The lowest BCUT2D eigenvalue weighted by Crippen LogP contribution is -2.45. The van der Waals surface area contributed by atoms with Crippen LogP contribution >= 0.6 is 0 Å². The van der Waals surface area contributed by atoms with Gasteiger partial charge in [-0.2, -0.15) is 0 Å². The first-order valence-electron chi connectivity index (χ1n) is 5.54. The Morgan fingerprint density at radius 3 is 2.57 bits per heavy atom. The van der Waals surface area contributed by atoms with Crippen molar-refractivity contribution < 1.29 is 4.79 Å². The molecule has 3 N–H and O–H groups in total. The summed E-state index contributed by atoms with van der Waals surface area (Å²) < 4.78 is 0. The van der Waals surface area contributed by atoms with Crippen molar-refractivity contribution in [3.8, 4) is 0 Å². The minimum Gasteiger partial charge on any atom is -0.338 e. The normalized spacial score (nSPS) is 31.4. The summed E-state index contributed by atoms with van der Waals surface area (Å²) in [6.07, 6.45) is 4.45. The fraction of sp³-hybridized carbons (Fsp3) is 0.900. The third-order valence-corrected chi connectivity index (χ3v) is 3.21. The van der Waals surface area contributed by atoms with E-state index in [2.05, 4.69) is 5.32 Å². The van der Waals surface area contributed by atoms with Crippen LogP contribution in [0.25, 0.3) is 0 Å². The van der Waals surface area contributed by atoms with Gasteiger partial charge in [-0.25, -0.2) is 4.79 Å². The van der Waals surface area contributed by atoms with Crippen LogP contribution in [0.1, 0.15) is 25.7 Å². The first-order chi connectivity index (χ1) is 6.75. The largest absolute Gasteiger partial charge is 0.338 e. The Morgan fingerprint density at radius 1 is 1.36 bits per heavy atom. The van der Waals surface area contributed by atoms with E-state index in [0.29, 0.717) is 12.0 Å². The summed E-state index contributed by atoms with van der Waals surface area (Å²) in [4.78, 5) is 13.5. The minimum absolute atomic E-state index is 0.114. The fourth-order valence-corrected chi connectivity index (χ4v) is 2.22. The van der Waals surface area contributed by atoms with Crippen LogP contribution in [0.5, 0.6) is 0 Å². The van der Waals surface area contributed by atoms with Crippen molar-refractivity contribution in [1.29, 1.82) is 0 Å². The number of hydrogen-bond donors (Lipinski definition) is 2. The van der Waals surface area contributed by atoms with Crippen molar-refractivity contribution in [2.75, 3.05) is 19.6 Å². The van der Waals surface area contributed by atoms with Crippen LogP contribution in [-0.4, -0.2) is 36.6 Å². The number of nitrogens with one attached hydrogen (secondary N) is 1. The van der Waals surface area contributed by atoms with Crippen molar-refractivity contribution in [1.82, 2.24) is 10.2 Å². The van der Waals surface area contributed by atoms with Crippen LogP contribution in [0, 0.1) is 5.92 Å². The number of nitrogens with two attached hydrogens (primary N) is 1. The number of hydrogen-bond acceptors (Lipinski definition) is 2. The molecule has 0 radical (unpaired) electrons. The summed E-state index contributed by atoms with van der Waals surface area (Å²) in [5.74, 6) is 0.622. The summed E-state index contributed by atoms with van der Waals surface area (Å²) in [6.45, 7) is 2.66. The van der Waals surface area contributed by atoms with Gasteiger partial charge in [0.05, 0.1) is 0 Å². The highest BCUT2D eigenvalue weighted by atomic mass is 16.2. The lowest BCUT2D eigenvalue weighted by molar-refractivity contribution is 0.198. The Morgan fingerprint density at radius 2 is 2.00 bits per heavy atom. The second kappa shape index (κ2) is 4.17. The van der Waals surface area contributed by atoms with E-state index >= 15 is 0 Å². The van der Waals surface area contributed by atoms with E-state index in [-0.39, 0.29) is 6.03 Å². The van der Waals surface area contributed by atoms with Crippen LogP contribution in [-0.2, 0) is 0 Å².